The molecule has 1 atom stereocenters. The number of hydrogen-bond acceptors (Lipinski definition) is 3. The van der Waals surface area contributed by atoms with Crippen molar-refractivity contribution >= 4 is 0 Å². The summed E-state index contributed by atoms with van der Waals surface area (Å²) in [6.45, 7) is 13.0. The molecule has 1 unspecified atom stereocenters. The lowest BCUT2D eigenvalue weighted by Gasteiger charge is -2.41. The van der Waals surface area contributed by atoms with Gasteiger partial charge in [0.15, 0.2) is 0 Å². The van der Waals surface area contributed by atoms with Crippen molar-refractivity contribution in [1.29, 1.82) is 0 Å². The molecule has 0 aromatic rings. The molecule has 90 valence electrons. The van der Waals surface area contributed by atoms with Gasteiger partial charge in [-0.3, -0.25) is 9.80 Å². The predicted molar refractivity (Wildman–Crippen MR) is 66.3 cm³/mol. The number of nitrogens with one attached hydrogen (secondary N) is 1. The van der Waals surface area contributed by atoms with E-state index in [-0.39, 0.29) is 0 Å². The zero-order valence-electron chi connectivity index (χ0n) is 10.8. The molecule has 3 heteroatoms. The van der Waals surface area contributed by atoms with Gasteiger partial charge in [-0.15, -0.1) is 0 Å². The summed E-state index contributed by atoms with van der Waals surface area (Å²) in [5.41, 5.74) is 0. The van der Waals surface area contributed by atoms with E-state index < -0.39 is 0 Å². The van der Waals surface area contributed by atoms with Crippen molar-refractivity contribution in [2.75, 3.05) is 39.8 Å². The lowest BCUT2D eigenvalue weighted by Crippen LogP contribution is -2.54. The third-order valence-corrected chi connectivity index (χ3v) is 3.40. The van der Waals surface area contributed by atoms with Crippen LogP contribution in [0.2, 0.25) is 0 Å². The van der Waals surface area contributed by atoms with E-state index in [0.29, 0.717) is 6.04 Å². The molecular formula is C12H27N3. The molecule has 0 saturated carbocycles. The lowest BCUT2D eigenvalue weighted by molar-refractivity contribution is 0.0642. The fourth-order valence-electron chi connectivity index (χ4n) is 2.28. The second kappa shape index (κ2) is 6.46. The van der Waals surface area contributed by atoms with E-state index in [1.807, 2.05) is 7.05 Å². The normalized spacial score (nSPS) is 25.0. The molecule has 0 amide bonds. The van der Waals surface area contributed by atoms with E-state index in [1.54, 1.807) is 0 Å². The minimum atomic E-state index is 0.701. The van der Waals surface area contributed by atoms with Crippen molar-refractivity contribution < 1.29 is 0 Å². The van der Waals surface area contributed by atoms with Crippen molar-refractivity contribution in [3.8, 4) is 0 Å². The molecule has 0 aliphatic carbocycles. The molecular weight excluding hydrogens is 186 g/mol. The first kappa shape index (κ1) is 12.9. The topological polar surface area (TPSA) is 18.5 Å². The molecule has 0 radical (unpaired) electrons. The molecule has 1 rings (SSSR count). The van der Waals surface area contributed by atoms with E-state index in [0.717, 1.165) is 12.6 Å². The summed E-state index contributed by atoms with van der Waals surface area (Å²) in [6, 6.07) is 1.42. The van der Waals surface area contributed by atoms with E-state index >= 15 is 0 Å². The molecule has 1 saturated heterocycles. The van der Waals surface area contributed by atoms with Crippen LogP contribution in [0.1, 0.15) is 27.2 Å². The van der Waals surface area contributed by atoms with Gasteiger partial charge < -0.3 is 5.32 Å². The van der Waals surface area contributed by atoms with Crippen LogP contribution < -0.4 is 5.32 Å². The summed E-state index contributed by atoms with van der Waals surface area (Å²) < 4.78 is 0. The Morgan fingerprint density at radius 1 is 1.33 bits per heavy atom. The molecule has 1 aliphatic heterocycles. The summed E-state index contributed by atoms with van der Waals surface area (Å²) in [5.74, 6) is 0. The van der Waals surface area contributed by atoms with Crippen molar-refractivity contribution in [2.45, 2.75) is 39.3 Å². The summed E-state index contributed by atoms with van der Waals surface area (Å²) in [7, 11) is 2.03. The SMILES string of the molecule is CNCCCN1CCN(C(C)C)CC1C. The highest BCUT2D eigenvalue weighted by atomic mass is 15.3. The molecule has 1 aliphatic rings. The first-order valence-electron chi connectivity index (χ1n) is 6.28. The molecule has 1 heterocycles. The molecule has 0 bridgehead atoms. The average Bonchev–Trinajstić information content (AvgIpc) is 2.20. The Kier molecular flexibility index (Phi) is 5.58. The lowest BCUT2D eigenvalue weighted by atomic mass is 10.1. The monoisotopic (exact) mass is 213 g/mol. The van der Waals surface area contributed by atoms with Gasteiger partial charge >= 0.3 is 0 Å². The Labute approximate surface area is 94.8 Å². The van der Waals surface area contributed by atoms with Crippen molar-refractivity contribution in [2.24, 2.45) is 0 Å². The van der Waals surface area contributed by atoms with E-state index in [4.69, 9.17) is 0 Å². The summed E-state index contributed by atoms with van der Waals surface area (Å²) in [4.78, 5) is 5.20. The third kappa shape index (κ3) is 4.09. The van der Waals surface area contributed by atoms with Gasteiger partial charge in [0.25, 0.3) is 0 Å². The first-order valence-corrected chi connectivity index (χ1v) is 6.28. The maximum absolute atomic E-state index is 3.21. The van der Waals surface area contributed by atoms with E-state index in [2.05, 4.69) is 35.9 Å². The van der Waals surface area contributed by atoms with Gasteiger partial charge in [-0.05, 0) is 47.3 Å². The summed E-state index contributed by atoms with van der Waals surface area (Å²) >= 11 is 0. The molecule has 15 heavy (non-hydrogen) atoms. The Hall–Kier alpha value is -0.120. The number of rotatable bonds is 5. The second-order valence-corrected chi connectivity index (χ2v) is 4.93. The highest BCUT2D eigenvalue weighted by Crippen LogP contribution is 2.12. The average molecular weight is 213 g/mol. The number of nitrogens with zero attached hydrogens (tertiary/aromatic N) is 2. The maximum atomic E-state index is 3.21. The molecule has 0 spiro atoms. The van der Waals surface area contributed by atoms with Crippen LogP contribution in [-0.4, -0.2) is 61.7 Å². The van der Waals surface area contributed by atoms with E-state index in [9.17, 15) is 0 Å². The Bertz CT molecular complexity index is 170. The van der Waals surface area contributed by atoms with Gasteiger partial charge in [0.05, 0.1) is 0 Å². The molecule has 0 aromatic carbocycles. The molecule has 1 fully saturated rings. The maximum Gasteiger partial charge on any atom is 0.0195 e. The highest BCUT2D eigenvalue weighted by Gasteiger charge is 2.24. The van der Waals surface area contributed by atoms with Crippen LogP contribution in [-0.2, 0) is 0 Å². The van der Waals surface area contributed by atoms with Crippen molar-refractivity contribution in [3.05, 3.63) is 0 Å². The fourth-order valence-corrected chi connectivity index (χ4v) is 2.28. The second-order valence-electron chi connectivity index (χ2n) is 4.93. The zero-order valence-corrected chi connectivity index (χ0v) is 10.8. The quantitative estimate of drug-likeness (QED) is 0.688. The van der Waals surface area contributed by atoms with Gasteiger partial charge in [0.2, 0.25) is 0 Å². The van der Waals surface area contributed by atoms with Crippen LogP contribution >= 0.6 is 0 Å². The minimum absolute atomic E-state index is 0.701. The Balaban J connectivity index is 2.26. The summed E-state index contributed by atoms with van der Waals surface area (Å²) in [5, 5.41) is 3.21. The third-order valence-electron chi connectivity index (χ3n) is 3.40. The van der Waals surface area contributed by atoms with Crippen LogP contribution in [0, 0.1) is 0 Å². The van der Waals surface area contributed by atoms with Gasteiger partial charge in [0, 0.05) is 31.7 Å². The minimum Gasteiger partial charge on any atom is -0.320 e. The van der Waals surface area contributed by atoms with Crippen LogP contribution in [0.5, 0.6) is 0 Å². The standard InChI is InChI=1S/C12H27N3/c1-11(2)15-9-8-14(12(3)10-15)7-5-6-13-4/h11-13H,5-10H2,1-4H3. The zero-order chi connectivity index (χ0) is 11.3. The largest absolute Gasteiger partial charge is 0.320 e. The van der Waals surface area contributed by atoms with Gasteiger partial charge in [-0.2, -0.15) is 0 Å². The molecule has 0 aromatic heterocycles. The fraction of sp³-hybridized carbons (Fsp3) is 1.00. The predicted octanol–water partition coefficient (Wildman–Crippen LogP) is 1.01. The van der Waals surface area contributed by atoms with Crippen LogP contribution in [0.25, 0.3) is 0 Å². The van der Waals surface area contributed by atoms with Crippen LogP contribution in [0.15, 0.2) is 0 Å². The van der Waals surface area contributed by atoms with Gasteiger partial charge in [-0.1, -0.05) is 0 Å². The van der Waals surface area contributed by atoms with Crippen molar-refractivity contribution in [1.82, 2.24) is 15.1 Å². The molecule has 1 N–H and O–H groups in total. The highest BCUT2D eigenvalue weighted by molar-refractivity contribution is 4.80. The van der Waals surface area contributed by atoms with Crippen molar-refractivity contribution in [3.63, 3.8) is 0 Å². The van der Waals surface area contributed by atoms with Gasteiger partial charge in [0.1, 0.15) is 0 Å². The number of piperazine rings is 1. The van der Waals surface area contributed by atoms with Gasteiger partial charge in [-0.25, -0.2) is 0 Å². The van der Waals surface area contributed by atoms with Crippen LogP contribution in [0.3, 0.4) is 0 Å². The Morgan fingerprint density at radius 3 is 2.60 bits per heavy atom. The smallest absolute Gasteiger partial charge is 0.0195 e. The first-order chi connectivity index (χ1) is 7.15. The Morgan fingerprint density at radius 2 is 2.07 bits per heavy atom. The van der Waals surface area contributed by atoms with E-state index in [1.165, 1.54) is 32.6 Å². The number of hydrogen-bond donors (Lipinski definition) is 1. The van der Waals surface area contributed by atoms with Crippen LogP contribution in [0.4, 0.5) is 0 Å². The summed E-state index contributed by atoms with van der Waals surface area (Å²) in [6.07, 6.45) is 1.27. The molecule has 3 nitrogen and oxygen atoms in total.